The molecule has 24 heavy (non-hydrogen) atoms. The van der Waals surface area contributed by atoms with Gasteiger partial charge in [-0.3, -0.25) is 4.79 Å². The van der Waals surface area contributed by atoms with Crippen molar-refractivity contribution in [2.45, 2.75) is 19.0 Å². The molecule has 122 valence electrons. The van der Waals surface area contributed by atoms with Gasteiger partial charge in [-0.1, -0.05) is 47.7 Å². The zero-order valence-corrected chi connectivity index (χ0v) is 12.8. The zero-order valence-electron chi connectivity index (χ0n) is 12.8. The average Bonchev–Trinajstić information content (AvgIpc) is 2.98. The van der Waals surface area contributed by atoms with Crippen LogP contribution in [0.4, 0.5) is 0 Å². The molecule has 7 heteroatoms. The summed E-state index contributed by atoms with van der Waals surface area (Å²) < 4.78 is 1.45. The topological polar surface area (TPSA) is 97.1 Å². The molecule has 0 fully saturated rings. The molecule has 0 aliphatic rings. The number of para-hydroxylation sites is 1. The Balaban J connectivity index is 1.68. The highest BCUT2D eigenvalue weighted by Crippen LogP contribution is 2.09. The summed E-state index contributed by atoms with van der Waals surface area (Å²) in [5, 5.41) is 19.8. The van der Waals surface area contributed by atoms with E-state index in [2.05, 4.69) is 15.6 Å². The van der Waals surface area contributed by atoms with Crippen LogP contribution in [0.5, 0.6) is 0 Å². The van der Waals surface area contributed by atoms with Crippen LogP contribution in [0.15, 0.2) is 54.6 Å². The number of hydrogen-bond donors (Lipinski definition) is 2. The Morgan fingerprint density at radius 2 is 1.79 bits per heavy atom. The van der Waals surface area contributed by atoms with E-state index >= 15 is 0 Å². The molecule has 1 amide bonds. The second-order valence-electron chi connectivity index (χ2n) is 5.38. The van der Waals surface area contributed by atoms with Gasteiger partial charge in [0.15, 0.2) is 0 Å². The molecule has 1 aromatic heterocycles. The maximum absolute atomic E-state index is 12.2. The number of aliphatic carboxylic acids is 1. The van der Waals surface area contributed by atoms with Gasteiger partial charge in [0, 0.05) is 6.42 Å². The fraction of sp³-hybridized carbons (Fsp3) is 0.176. The number of carbonyl (C=O) groups excluding carboxylic acids is 1. The van der Waals surface area contributed by atoms with E-state index in [1.807, 2.05) is 42.5 Å². The second kappa shape index (κ2) is 6.91. The first-order valence-corrected chi connectivity index (χ1v) is 7.48. The maximum atomic E-state index is 12.2. The molecule has 2 aromatic carbocycles. The Morgan fingerprint density at radius 1 is 1.08 bits per heavy atom. The fourth-order valence-corrected chi connectivity index (χ4v) is 2.46. The quantitative estimate of drug-likeness (QED) is 0.711. The fourth-order valence-electron chi connectivity index (χ4n) is 2.46. The number of nitrogens with zero attached hydrogens (tertiary/aromatic N) is 3. The largest absolute Gasteiger partial charge is 0.480 e. The molecule has 0 bridgehead atoms. The molecule has 7 nitrogen and oxygen atoms in total. The van der Waals surface area contributed by atoms with Crippen molar-refractivity contribution in [3.8, 4) is 0 Å². The van der Waals surface area contributed by atoms with Crippen LogP contribution in [-0.2, 0) is 22.6 Å². The van der Waals surface area contributed by atoms with Crippen LogP contribution >= 0.6 is 0 Å². The van der Waals surface area contributed by atoms with E-state index in [1.165, 1.54) is 4.68 Å². The minimum atomic E-state index is -1.07. The summed E-state index contributed by atoms with van der Waals surface area (Å²) in [5.74, 6) is -1.50. The van der Waals surface area contributed by atoms with E-state index in [4.69, 9.17) is 0 Å². The Hall–Kier alpha value is -3.22. The normalized spacial score (nSPS) is 12.0. The Bertz CT molecular complexity index is 860. The molecule has 2 N–H and O–H groups in total. The molecular formula is C17H16N4O3. The highest BCUT2D eigenvalue weighted by Gasteiger charge is 2.21. The molecule has 0 saturated carbocycles. The number of hydrogen-bond acceptors (Lipinski definition) is 4. The van der Waals surface area contributed by atoms with Crippen molar-refractivity contribution in [3.05, 3.63) is 60.2 Å². The third-order valence-electron chi connectivity index (χ3n) is 3.63. The van der Waals surface area contributed by atoms with E-state index in [0.717, 1.165) is 11.1 Å². The summed E-state index contributed by atoms with van der Waals surface area (Å²) >= 11 is 0. The van der Waals surface area contributed by atoms with Crippen LogP contribution in [0.1, 0.15) is 5.56 Å². The van der Waals surface area contributed by atoms with E-state index in [9.17, 15) is 14.7 Å². The van der Waals surface area contributed by atoms with Crippen LogP contribution in [0, 0.1) is 0 Å². The monoisotopic (exact) mass is 324 g/mol. The number of nitrogens with one attached hydrogen (secondary N) is 1. The minimum absolute atomic E-state index is 0.0842. The lowest BCUT2D eigenvalue weighted by molar-refractivity contribution is -0.141. The molecule has 3 rings (SSSR count). The van der Waals surface area contributed by atoms with Crippen molar-refractivity contribution < 1.29 is 14.7 Å². The molecule has 0 radical (unpaired) electrons. The second-order valence-corrected chi connectivity index (χ2v) is 5.38. The molecule has 3 aromatic rings. The van der Waals surface area contributed by atoms with E-state index < -0.39 is 17.9 Å². The molecule has 0 saturated heterocycles. The SMILES string of the molecule is O=C(Cn1nnc2ccccc21)N[C@@H](Cc1ccccc1)C(=O)O. The molecule has 1 atom stereocenters. The average molecular weight is 324 g/mol. The molecule has 0 spiro atoms. The number of aromatic nitrogens is 3. The van der Waals surface area contributed by atoms with Crippen molar-refractivity contribution in [2.75, 3.05) is 0 Å². The van der Waals surface area contributed by atoms with Gasteiger partial charge in [0.25, 0.3) is 0 Å². The van der Waals surface area contributed by atoms with Gasteiger partial charge in [0.1, 0.15) is 18.1 Å². The lowest BCUT2D eigenvalue weighted by atomic mass is 10.1. The van der Waals surface area contributed by atoms with Gasteiger partial charge < -0.3 is 10.4 Å². The predicted molar refractivity (Wildman–Crippen MR) is 87.2 cm³/mol. The minimum Gasteiger partial charge on any atom is -0.480 e. The van der Waals surface area contributed by atoms with Gasteiger partial charge in [0.05, 0.1) is 5.52 Å². The van der Waals surface area contributed by atoms with Crippen LogP contribution in [-0.4, -0.2) is 38.0 Å². The first kappa shape index (κ1) is 15.7. The van der Waals surface area contributed by atoms with E-state index in [-0.39, 0.29) is 13.0 Å². The number of fused-ring (bicyclic) bond motifs is 1. The van der Waals surface area contributed by atoms with Gasteiger partial charge >= 0.3 is 5.97 Å². The summed E-state index contributed by atoms with van der Waals surface area (Å²) in [7, 11) is 0. The molecule has 0 aliphatic carbocycles. The first-order valence-electron chi connectivity index (χ1n) is 7.48. The third kappa shape index (κ3) is 3.57. The van der Waals surface area contributed by atoms with Crippen molar-refractivity contribution in [1.29, 1.82) is 0 Å². The lowest BCUT2D eigenvalue weighted by Crippen LogP contribution is -2.43. The van der Waals surface area contributed by atoms with Gasteiger partial charge in [-0.25, -0.2) is 9.48 Å². The standard InChI is InChI=1S/C17H16N4O3/c22-16(11-21-15-9-5-4-8-13(15)19-20-21)18-14(17(23)24)10-12-6-2-1-3-7-12/h1-9,14H,10-11H2,(H,18,22)(H,23,24)/t14-/m0/s1. The van der Waals surface area contributed by atoms with E-state index in [0.29, 0.717) is 5.52 Å². The van der Waals surface area contributed by atoms with Crippen LogP contribution < -0.4 is 5.32 Å². The summed E-state index contributed by atoms with van der Waals surface area (Å²) in [6.07, 6.45) is 0.222. The third-order valence-corrected chi connectivity index (χ3v) is 3.63. The van der Waals surface area contributed by atoms with Crippen LogP contribution in [0.2, 0.25) is 0 Å². The number of amides is 1. The van der Waals surface area contributed by atoms with Gasteiger partial charge in [-0.15, -0.1) is 5.10 Å². The Labute approximate surface area is 137 Å². The maximum Gasteiger partial charge on any atom is 0.326 e. The molecular weight excluding hydrogens is 308 g/mol. The van der Waals surface area contributed by atoms with Crippen molar-refractivity contribution in [3.63, 3.8) is 0 Å². The van der Waals surface area contributed by atoms with Crippen LogP contribution in [0.3, 0.4) is 0 Å². The summed E-state index contributed by atoms with van der Waals surface area (Å²) in [6, 6.07) is 15.4. The van der Waals surface area contributed by atoms with Gasteiger partial charge in [0.2, 0.25) is 5.91 Å². The zero-order chi connectivity index (χ0) is 16.9. The van der Waals surface area contributed by atoms with Gasteiger partial charge in [-0.05, 0) is 17.7 Å². The molecule has 0 unspecified atom stereocenters. The summed E-state index contributed by atoms with van der Waals surface area (Å²) in [4.78, 5) is 23.6. The highest BCUT2D eigenvalue weighted by atomic mass is 16.4. The number of carbonyl (C=O) groups is 2. The van der Waals surface area contributed by atoms with Crippen molar-refractivity contribution >= 4 is 22.9 Å². The summed E-state index contributed by atoms with van der Waals surface area (Å²) in [6.45, 7) is -0.0842. The van der Waals surface area contributed by atoms with Crippen LogP contribution in [0.25, 0.3) is 11.0 Å². The van der Waals surface area contributed by atoms with Crippen molar-refractivity contribution in [2.24, 2.45) is 0 Å². The van der Waals surface area contributed by atoms with Gasteiger partial charge in [-0.2, -0.15) is 0 Å². The summed E-state index contributed by atoms with van der Waals surface area (Å²) in [5.41, 5.74) is 2.25. The molecule has 1 heterocycles. The first-order chi connectivity index (χ1) is 11.6. The van der Waals surface area contributed by atoms with Crippen molar-refractivity contribution in [1.82, 2.24) is 20.3 Å². The number of carboxylic acid groups (broad SMARTS) is 1. The predicted octanol–water partition coefficient (Wildman–Crippen LogP) is 1.24. The number of benzene rings is 2. The lowest BCUT2D eigenvalue weighted by Gasteiger charge is -2.14. The highest BCUT2D eigenvalue weighted by molar-refractivity contribution is 5.84. The van der Waals surface area contributed by atoms with E-state index in [1.54, 1.807) is 12.1 Å². The Kier molecular flexibility index (Phi) is 4.51. The molecule has 0 aliphatic heterocycles. The number of carboxylic acids is 1. The smallest absolute Gasteiger partial charge is 0.326 e. The number of rotatable bonds is 6. The Morgan fingerprint density at radius 3 is 2.54 bits per heavy atom.